The number of aliphatic hydroxyl groups is 1. The van der Waals surface area contributed by atoms with E-state index in [9.17, 15) is 0 Å². The Morgan fingerprint density at radius 1 is 1.53 bits per heavy atom. The molecule has 0 spiro atoms. The average Bonchev–Trinajstić information content (AvgIpc) is 2.16. The van der Waals surface area contributed by atoms with Gasteiger partial charge in [-0.1, -0.05) is 20.8 Å². The molecule has 0 aromatic rings. The van der Waals surface area contributed by atoms with Crippen molar-refractivity contribution in [1.82, 2.24) is 5.32 Å². The second-order valence-corrected chi connectivity index (χ2v) is 6.54. The highest BCUT2D eigenvalue weighted by Gasteiger charge is 2.32. The molecule has 0 amide bonds. The van der Waals surface area contributed by atoms with Crippen LogP contribution in [0.1, 0.15) is 33.6 Å². The van der Waals surface area contributed by atoms with Crippen LogP contribution >= 0.6 is 11.8 Å². The summed E-state index contributed by atoms with van der Waals surface area (Å²) in [6.45, 7) is 8.27. The molecule has 3 heteroatoms. The minimum atomic E-state index is 0.311. The van der Waals surface area contributed by atoms with Gasteiger partial charge in [-0.25, -0.2) is 0 Å². The van der Waals surface area contributed by atoms with Gasteiger partial charge in [0.15, 0.2) is 0 Å². The Kier molecular flexibility index (Phi) is 5.44. The van der Waals surface area contributed by atoms with E-state index in [0.29, 0.717) is 24.0 Å². The third-order valence-electron chi connectivity index (χ3n) is 3.45. The highest BCUT2D eigenvalue weighted by Crippen LogP contribution is 2.34. The fourth-order valence-corrected chi connectivity index (χ4v) is 3.58. The van der Waals surface area contributed by atoms with Crippen molar-refractivity contribution >= 4 is 11.8 Å². The van der Waals surface area contributed by atoms with Crippen LogP contribution in [0.4, 0.5) is 0 Å². The van der Waals surface area contributed by atoms with Crippen molar-refractivity contribution < 1.29 is 5.11 Å². The maximum Gasteiger partial charge on any atom is 0.0434 e. The summed E-state index contributed by atoms with van der Waals surface area (Å²) in [6, 6.07) is 0.636. The van der Waals surface area contributed by atoms with Gasteiger partial charge in [0.2, 0.25) is 0 Å². The molecule has 1 aliphatic heterocycles. The first-order valence-electron chi connectivity index (χ1n) is 5.98. The van der Waals surface area contributed by atoms with E-state index in [4.69, 9.17) is 5.11 Å². The van der Waals surface area contributed by atoms with E-state index in [2.05, 4.69) is 37.8 Å². The van der Waals surface area contributed by atoms with Crippen molar-refractivity contribution in [2.24, 2.45) is 11.3 Å². The molecule has 15 heavy (non-hydrogen) atoms. The van der Waals surface area contributed by atoms with Gasteiger partial charge in [0, 0.05) is 18.4 Å². The lowest BCUT2D eigenvalue weighted by Crippen LogP contribution is -2.47. The van der Waals surface area contributed by atoms with Gasteiger partial charge in [0.05, 0.1) is 0 Å². The molecule has 1 saturated heterocycles. The van der Waals surface area contributed by atoms with Crippen molar-refractivity contribution in [3.63, 3.8) is 0 Å². The average molecular weight is 231 g/mol. The van der Waals surface area contributed by atoms with Crippen molar-refractivity contribution in [2.45, 2.75) is 39.7 Å². The molecule has 1 heterocycles. The largest absolute Gasteiger partial charge is 0.396 e. The minimum Gasteiger partial charge on any atom is -0.396 e. The van der Waals surface area contributed by atoms with Crippen LogP contribution in [0.25, 0.3) is 0 Å². The van der Waals surface area contributed by atoms with Crippen LogP contribution in [0.15, 0.2) is 0 Å². The minimum absolute atomic E-state index is 0.311. The SMILES string of the molecule is CC(CCO)CNC1CSCCC1(C)C. The van der Waals surface area contributed by atoms with Crippen LogP contribution in [0.2, 0.25) is 0 Å². The van der Waals surface area contributed by atoms with E-state index in [1.807, 2.05) is 0 Å². The van der Waals surface area contributed by atoms with Crippen molar-refractivity contribution in [2.75, 3.05) is 24.7 Å². The fourth-order valence-electron chi connectivity index (χ4n) is 1.94. The zero-order valence-electron chi connectivity index (χ0n) is 10.3. The van der Waals surface area contributed by atoms with Crippen LogP contribution < -0.4 is 5.32 Å². The monoisotopic (exact) mass is 231 g/mol. The van der Waals surface area contributed by atoms with E-state index < -0.39 is 0 Å². The van der Waals surface area contributed by atoms with E-state index in [-0.39, 0.29) is 0 Å². The molecule has 0 saturated carbocycles. The van der Waals surface area contributed by atoms with Crippen LogP contribution in [0.3, 0.4) is 0 Å². The second kappa shape index (κ2) is 6.12. The Labute approximate surface area is 98.2 Å². The predicted octanol–water partition coefficient (Wildman–Crippen LogP) is 2.13. The van der Waals surface area contributed by atoms with Crippen LogP contribution in [0, 0.1) is 11.3 Å². The molecule has 0 aliphatic carbocycles. The molecular weight excluding hydrogens is 206 g/mol. The zero-order chi connectivity index (χ0) is 11.3. The summed E-state index contributed by atoms with van der Waals surface area (Å²) < 4.78 is 0. The molecule has 0 aromatic heterocycles. The summed E-state index contributed by atoms with van der Waals surface area (Å²) in [4.78, 5) is 0. The van der Waals surface area contributed by atoms with Crippen LogP contribution in [-0.2, 0) is 0 Å². The van der Waals surface area contributed by atoms with Gasteiger partial charge >= 0.3 is 0 Å². The number of rotatable bonds is 5. The van der Waals surface area contributed by atoms with Gasteiger partial charge in [0.1, 0.15) is 0 Å². The zero-order valence-corrected chi connectivity index (χ0v) is 11.1. The molecule has 0 bridgehead atoms. The molecule has 2 unspecified atom stereocenters. The fraction of sp³-hybridized carbons (Fsp3) is 1.00. The molecule has 1 rings (SSSR count). The van der Waals surface area contributed by atoms with Gasteiger partial charge < -0.3 is 10.4 Å². The topological polar surface area (TPSA) is 32.3 Å². The second-order valence-electron chi connectivity index (χ2n) is 5.39. The van der Waals surface area contributed by atoms with Gasteiger partial charge in [-0.2, -0.15) is 11.8 Å². The smallest absolute Gasteiger partial charge is 0.0434 e. The summed E-state index contributed by atoms with van der Waals surface area (Å²) in [7, 11) is 0. The first-order chi connectivity index (χ1) is 7.06. The first kappa shape index (κ1) is 13.3. The summed E-state index contributed by atoms with van der Waals surface area (Å²) in [5.74, 6) is 3.12. The van der Waals surface area contributed by atoms with Gasteiger partial charge in [-0.3, -0.25) is 0 Å². The Bertz CT molecular complexity index is 184. The van der Waals surface area contributed by atoms with Crippen molar-refractivity contribution in [3.8, 4) is 0 Å². The molecular formula is C12H25NOS. The summed E-state index contributed by atoms with van der Waals surface area (Å²) in [5, 5.41) is 12.5. The third kappa shape index (κ3) is 4.33. The highest BCUT2D eigenvalue weighted by atomic mass is 32.2. The standard InChI is InChI=1S/C12H25NOS/c1-10(4-6-14)8-13-11-9-15-7-5-12(11,2)3/h10-11,13-14H,4-9H2,1-3H3. The quantitative estimate of drug-likeness (QED) is 0.760. The third-order valence-corrected chi connectivity index (χ3v) is 4.52. The number of hydrogen-bond donors (Lipinski definition) is 2. The molecule has 1 aliphatic rings. The molecule has 90 valence electrons. The lowest BCUT2D eigenvalue weighted by Gasteiger charge is -2.39. The van der Waals surface area contributed by atoms with Gasteiger partial charge in [-0.05, 0) is 36.5 Å². The summed E-state index contributed by atoms with van der Waals surface area (Å²) in [5.41, 5.74) is 0.435. The lowest BCUT2D eigenvalue weighted by atomic mass is 9.82. The normalized spacial score (nSPS) is 27.6. The maximum absolute atomic E-state index is 8.84. The summed E-state index contributed by atoms with van der Waals surface area (Å²) in [6.07, 6.45) is 2.22. The van der Waals surface area contributed by atoms with E-state index in [1.54, 1.807) is 0 Å². The molecule has 2 nitrogen and oxygen atoms in total. The number of aliphatic hydroxyl groups excluding tert-OH is 1. The Balaban J connectivity index is 2.30. The van der Waals surface area contributed by atoms with E-state index in [0.717, 1.165) is 13.0 Å². The Hall–Kier alpha value is 0.270. The Morgan fingerprint density at radius 3 is 2.87 bits per heavy atom. The van der Waals surface area contributed by atoms with Crippen molar-refractivity contribution in [3.05, 3.63) is 0 Å². The molecule has 2 atom stereocenters. The lowest BCUT2D eigenvalue weighted by molar-refractivity contribution is 0.223. The van der Waals surface area contributed by atoms with Gasteiger partial charge in [-0.15, -0.1) is 0 Å². The molecule has 0 aromatic carbocycles. The van der Waals surface area contributed by atoms with E-state index >= 15 is 0 Å². The molecule has 0 radical (unpaired) electrons. The van der Waals surface area contributed by atoms with Crippen LogP contribution in [0.5, 0.6) is 0 Å². The number of thioether (sulfide) groups is 1. The Morgan fingerprint density at radius 2 is 2.27 bits per heavy atom. The molecule has 1 fully saturated rings. The maximum atomic E-state index is 8.84. The highest BCUT2D eigenvalue weighted by molar-refractivity contribution is 7.99. The first-order valence-corrected chi connectivity index (χ1v) is 7.13. The predicted molar refractivity (Wildman–Crippen MR) is 68.4 cm³/mol. The molecule has 2 N–H and O–H groups in total. The van der Waals surface area contributed by atoms with E-state index in [1.165, 1.54) is 17.9 Å². The van der Waals surface area contributed by atoms with Gasteiger partial charge in [0.25, 0.3) is 0 Å². The number of nitrogens with one attached hydrogen (secondary N) is 1. The van der Waals surface area contributed by atoms with Crippen LogP contribution in [-0.4, -0.2) is 35.8 Å². The van der Waals surface area contributed by atoms with Crippen molar-refractivity contribution in [1.29, 1.82) is 0 Å². The number of hydrogen-bond acceptors (Lipinski definition) is 3. The summed E-state index contributed by atoms with van der Waals surface area (Å²) >= 11 is 2.06.